The zero-order valence-corrected chi connectivity index (χ0v) is 17.7. The van der Waals surface area contributed by atoms with Crippen molar-refractivity contribution in [2.24, 2.45) is 0 Å². The molecule has 3 rings (SSSR count). The molecular weight excluding hydrogens is 364 g/mol. The molecule has 0 saturated carbocycles. The lowest BCUT2D eigenvalue weighted by atomic mass is 10.0. The van der Waals surface area contributed by atoms with Crippen LogP contribution in [0.3, 0.4) is 0 Å². The second-order valence-corrected chi connectivity index (χ2v) is 8.05. The molecule has 1 aliphatic rings. The van der Waals surface area contributed by atoms with Crippen LogP contribution in [0.1, 0.15) is 25.3 Å². The average Bonchev–Trinajstić information content (AvgIpc) is 2.75. The summed E-state index contributed by atoms with van der Waals surface area (Å²) >= 11 is 0. The zero-order chi connectivity index (χ0) is 20.5. The smallest absolute Gasteiger partial charge is 0.126 e. The van der Waals surface area contributed by atoms with E-state index >= 15 is 0 Å². The molecule has 1 aliphatic heterocycles. The summed E-state index contributed by atoms with van der Waals surface area (Å²) in [5.41, 5.74) is 2.50. The Morgan fingerprint density at radius 2 is 1.66 bits per heavy atom. The predicted octanol–water partition coefficient (Wildman–Crippen LogP) is 1.97. The second-order valence-electron chi connectivity index (χ2n) is 8.05. The third-order valence-electron chi connectivity index (χ3n) is 5.45. The van der Waals surface area contributed by atoms with Gasteiger partial charge >= 0.3 is 0 Å². The molecule has 158 valence electrons. The summed E-state index contributed by atoms with van der Waals surface area (Å²) in [6.45, 7) is 10.5. The van der Waals surface area contributed by atoms with Crippen molar-refractivity contribution in [1.82, 2.24) is 0 Å². The molecule has 1 heterocycles. The van der Waals surface area contributed by atoms with E-state index < -0.39 is 6.10 Å². The molecule has 0 amide bonds. The summed E-state index contributed by atoms with van der Waals surface area (Å²) in [4.78, 5) is 3.86. The standard InChI is InChI=1S/C24H34N2O3/c1-20(2)23-10-6-7-11-24(23)29-17-16-28-19-22(27)18-25-12-14-26(15-13-25)21-8-4-3-5-9-21/h3-11,20,22,27H,12-19H2,1-2H3/p+1/t22-/m1/s1. The number of anilines is 1. The lowest BCUT2D eigenvalue weighted by molar-refractivity contribution is -0.903. The van der Waals surface area contributed by atoms with Gasteiger partial charge in [-0.05, 0) is 29.7 Å². The molecule has 0 aliphatic carbocycles. The van der Waals surface area contributed by atoms with E-state index in [1.807, 2.05) is 18.2 Å². The maximum Gasteiger partial charge on any atom is 0.126 e. The third kappa shape index (κ3) is 6.74. The molecule has 0 spiro atoms. The van der Waals surface area contributed by atoms with E-state index in [0.717, 1.165) is 38.5 Å². The van der Waals surface area contributed by atoms with E-state index in [0.29, 0.717) is 25.7 Å². The maximum absolute atomic E-state index is 10.3. The molecule has 1 fully saturated rings. The highest BCUT2D eigenvalue weighted by Crippen LogP contribution is 2.25. The minimum Gasteiger partial charge on any atom is -0.491 e. The highest BCUT2D eigenvalue weighted by molar-refractivity contribution is 5.46. The molecule has 5 heteroatoms. The molecule has 0 radical (unpaired) electrons. The Hall–Kier alpha value is -2.08. The number of nitrogens with zero attached hydrogens (tertiary/aromatic N) is 1. The van der Waals surface area contributed by atoms with E-state index in [2.05, 4.69) is 55.1 Å². The van der Waals surface area contributed by atoms with Gasteiger partial charge in [-0.15, -0.1) is 0 Å². The minimum absolute atomic E-state index is 0.362. The predicted molar refractivity (Wildman–Crippen MR) is 117 cm³/mol. The lowest BCUT2D eigenvalue weighted by Gasteiger charge is -2.34. The Bertz CT molecular complexity index is 715. The normalized spacial score (nSPS) is 16.2. The highest BCUT2D eigenvalue weighted by atomic mass is 16.5. The number of hydrogen-bond donors (Lipinski definition) is 2. The minimum atomic E-state index is -0.434. The van der Waals surface area contributed by atoms with Crippen molar-refractivity contribution in [3.05, 3.63) is 60.2 Å². The number of quaternary nitrogens is 1. The largest absolute Gasteiger partial charge is 0.491 e. The molecule has 0 bridgehead atoms. The van der Waals surface area contributed by atoms with Crippen LogP contribution in [0.4, 0.5) is 5.69 Å². The van der Waals surface area contributed by atoms with Crippen molar-refractivity contribution in [2.45, 2.75) is 25.9 Å². The van der Waals surface area contributed by atoms with Crippen LogP contribution in [0.2, 0.25) is 0 Å². The zero-order valence-electron chi connectivity index (χ0n) is 17.7. The summed E-state index contributed by atoms with van der Waals surface area (Å²) in [6, 6.07) is 18.7. The van der Waals surface area contributed by atoms with E-state index in [-0.39, 0.29) is 0 Å². The van der Waals surface area contributed by atoms with Crippen molar-refractivity contribution in [1.29, 1.82) is 0 Å². The molecule has 5 nitrogen and oxygen atoms in total. The fourth-order valence-electron chi connectivity index (χ4n) is 3.84. The topological polar surface area (TPSA) is 46.4 Å². The molecule has 29 heavy (non-hydrogen) atoms. The van der Waals surface area contributed by atoms with Crippen LogP contribution >= 0.6 is 0 Å². The first-order valence-electron chi connectivity index (χ1n) is 10.7. The van der Waals surface area contributed by atoms with Crippen LogP contribution in [0.5, 0.6) is 5.75 Å². The van der Waals surface area contributed by atoms with Gasteiger partial charge in [0.15, 0.2) is 0 Å². The van der Waals surface area contributed by atoms with Crippen LogP contribution in [-0.2, 0) is 4.74 Å². The summed E-state index contributed by atoms with van der Waals surface area (Å²) in [5, 5.41) is 10.3. The van der Waals surface area contributed by atoms with Crippen LogP contribution < -0.4 is 14.5 Å². The first-order valence-corrected chi connectivity index (χ1v) is 10.7. The molecule has 1 atom stereocenters. The number of aliphatic hydroxyl groups excluding tert-OH is 1. The molecule has 0 unspecified atom stereocenters. The summed E-state index contributed by atoms with van der Waals surface area (Å²) in [5.74, 6) is 1.35. The monoisotopic (exact) mass is 399 g/mol. The summed E-state index contributed by atoms with van der Waals surface area (Å²) in [7, 11) is 0. The van der Waals surface area contributed by atoms with Gasteiger partial charge in [0.25, 0.3) is 0 Å². The Morgan fingerprint density at radius 1 is 0.966 bits per heavy atom. The van der Waals surface area contributed by atoms with Crippen molar-refractivity contribution in [3.63, 3.8) is 0 Å². The number of ether oxygens (including phenoxy) is 2. The molecule has 2 aromatic rings. The van der Waals surface area contributed by atoms with Crippen molar-refractivity contribution >= 4 is 5.69 Å². The Labute approximate surface area is 174 Å². The fourth-order valence-corrected chi connectivity index (χ4v) is 3.84. The number of para-hydroxylation sites is 2. The molecule has 2 aromatic carbocycles. The SMILES string of the molecule is CC(C)c1ccccc1OCCOC[C@H](O)C[NH+]1CCN(c2ccccc2)CC1. The average molecular weight is 400 g/mol. The number of benzene rings is 2. The Balaban J connectivity index is 1.29. The van der Waals surface area contributed by atoms with Gasteiger partial charge in [-0.2, -0.15) is 0 Å². The first-order chi connectivity index (χ1) is 14.1. The molecule has 2 N–H and O–H groups in total. The summed E-state index contributed by atoms with van der Waals surface area (Å²) in [6.07, 6.45) is -0.434. The van der Waals surface area contributed by atoms with Crippen LogP contribution in [0.25, 0.3) is 0 Å². The third-order valence-corrected chi connectivity index (χ3v) is 5.45. The highest BCUT2D eigenvalue weighted by Gasteiger charge is 2.22. The van der Waals surface area contributed by atoms with E-state index in [9.17, 15) is 5.11 Å². The molecule has 1 saturated heterocycles. The Kier molecular flexibility index (Phi) is 8.35. The number of aliphatic hydroxyl groups is 1. The summed E-state index contributed by atoms with van der Waals surface area (Å²) < 4.78 is 11.5. The van der Waals surface area contributed by atoms with Crippen molar-refractivity contribution in [2.75, 3.05) is 57.4 Å². The van der Waals surface area contributed by atoms with Gasteiger partial charge in [-0.25, -0.2) is 0 Å². The van der Waals surface area contributed by atoms with E-state index in [1.54, 1.807) is 0 Å². The lowest BCUT2D eigenvalue weighted by Crippen LogP contribution is -3.16. The number of hydrogen-bond acceptors (Lipinski definition) is 4. The molecular formula is C24H35N2O3+. The van der Waals surface area contributed by atoms with Gasteiger partial charge in [-0.1, -0.05) is 50.2 Å². The van der Waals surface area contributed by atoms with Crippen LogP contribution in [-0.4, -0.2) is 63.8 Å². The molecule has 0 aromatic heterocycles. The van der Waals surface area contributed by atoms with Gasteiger partial charge in [0, 0.05) is 5.69 Å². The van der Waals surface area contributed by atoms with E-state index in [1.165, 1.54) is 16.2 Å². The van der Waals surface area contributed by atoms with E-state index in [4.69, 9.17) is 9.47 Å². The van der Waals surface area contributed by atoms with Crippen molar-refractivity contribution < 1.29 is 19.5 Å². The van der Waals surface area contributed by atoms with Gasteiger partial charge < -0.3 is 24.4 Å². The van der Waals surface area contributed by atoms with Gasteiger partial charge in [-0.3, -0.25) is 0 Å². The first kappa shape index (κ1) is 21.6. The second kappa shape index (κ2) is 11.2. The van der Waals surface area contributed by atoms with Crippen molar-refractivity contribution in [3.8, 4) is 5.75 Å². The van der Waals surface area contributed by atoms with Gasteiger partial charge in [0.05, 0.1) is 39.4 Å². The fraction of sp³-hybridized carbons (Fsp3) is 0.500. The quantitative estimate of drug-likeness (QED) is 0.600. The Morgan fingerprint density at radius 3 is 2.38 bits per heavy atom. The van der Waals surface area contributed by atoms with Gasteiger partial charge in [0.1, 0.15) is 25.0 Å². The number of piperazine rings is 1. The maximum atomic E-state index is 10.3. The van der Waals surface area contributed by atoms with Gasteiger partial charge in [0.2, 0.25) is 0 Å². The van der Waals surface area contributed by atoms with Crippen LogP contribution in [0, 0.1) is 0 Å². The number of rotatable bonds is 10. The number of nitrogens with one attached hydrogen (secondary N) is 1. The van der Waals surface area contributed by atoms with Crippen LogP contribution in [0.15, 0.2) is 54.6 Å².